The number of aromatic nitrogens is 1. The van der Waals surface area contributed by atoms with Gasteiger partial charge in [0.1, 0.15) is 0 Å². The van der Waals surface area contributed by atoms with Gasteiger partial charge in [-0.25, -0.2) is 4.98 Å². The van der Waals surface area contributed by atoms with Gasteiger partial charge in [0.2, 0.25) is 0 Å². The highest BCUT2D eigenvalue weighted by Crippen LogP contribution is 2.16. The molecule has 0 radical (unpaired) electrons. The number of hydrogen-bond acceptors (Lipinski definition) is 4. The molecular weight excluding hydrogens is 224 g/mol. The maximum atomic E-state index is 4.30. The second-order valence-corrected chi connectivity index (χ2v) is 5.06. The van der Waals surface area contributed by atoms with E-state index in [-0.39, 0.29) is 0 Å². The molecule has 0 aromatic carbocycles. The van der Waals surface area contributed by atoms with E-state index in [1.54, 1.807) is 22.7 Å². The molecule has 2 nitrogen and oxygen atoms in total. The van der Waals surface area contributed by atoms with Gasteiger partial charge in [-0.2, -0.15) is 11.3 Å². The summed E-state index contributed by atoms with van der Waals surface area (Å²) >= 11 is 3.41. The molecule has 0 fully saturated rings. The molecular formula is C11H14N2S2. The van der Waals surface area contributed by atoms with Gasteiger partial charge in [-0.15, -0.1) is 11.3 Å². The molecule has 0 bridgehead atoms. The van der Waals surface area contributed by atoms with Gasteiger partial charge in [0.15, 0.2) is 0 Å². The van der Waals surface area contributed by atoms with Crippen LogP contribution in [-0.4, -0.2) is 4.98 Å². The summed E-state index contributed by atoms with van der Waals surface area (Å²) in [4.78, 5) is 4.30. The van der Waals surface area contributed by atoms with Crippen LogP contribution < -0.4 is 5.32 Å². The largest absolute Gasteiger partial charge is 0.305 e. The summed E-state index contributed by atoms with van der Waals surface area (Å²) in [5.74, 6) is 0. The zero-order chi connectivity index (χ0) is 10.7. The lowest BCUT2D eigenvalue weighted by Crippen LogP contribution is -2.18. The van der Waals surface area contributed by atoms with Crippen molar-refractivity contribution in [1.82, 2.24) is 10.3 Å². The average molecular weight is 238 g/mol. The predicted octanol–water partition coefficient (Wildman–Crippen LogP) is 3.36. The first-order chi connectivity index (χ1) is 7.27. The summed E-state index contributed by atoms with van der Waals surface area (Å²) in [5.41, 5.74) is 5.77. The fraction of sp³-hybridized carbons (Fsp3) is 0.364. The first-order valence-corrected chi connectivity index (χ1v) is 6.79. The molecule has 2 aromatic rings. The zero-order valence-corrected chi connectivity index (χ0v) is 10.5. The number of thiazole rings is 1. The van der Waals surface area contributed by atoms with Crippen molar-refractivity contribution in [2.24, 2.45) is 0 Å². The van der Waals surface area contributed by atoms with Gasteiger partial charge in [-0.1, -0.05) is 0 Å². The van der Waals surface area contributed by atoms with Crippen molar-refractivity contribution in [1.29, 1.82) is 0 Å². The molecule has 2 aromatic heterocycles. The van der Waals surface area contributed by atoms with Gasteiger partial charge in [0.25, 0.3) is 0 Å². The lowest BCUT2D eigenvalue weighted by Gasteiger charge is -2.10. The second-order valence-electron chi connectivity index (χ2n) is 3.60. The van der Waals surface area contributed by atoms with Gasteiger partial charge in [0, 0.05) is 18.0 Å². The van der Waals surface area contributed by atoms with E-state index in [1.165, 1.54) is 11.1 Å². The highest BCUT2D eigenvalue weighted by atomic mass is 32.1. The molecule has 2 heterocycles. The summed E-state index contributed by atoms with van der Waals surface area (Å²) in [7, 11) is 0. The number of aryl methyl sites for hydroxylation is 1. The summed E-state index contributed by atoms with van der Waals surface area (Å²) in [6, 6.07) is 0.329. The van der Waals surface area contributed by atoms with Crippen LogP contribution in [-0.2, 0) is 6.54 Å². The maximum Gasteiger partial charge on any atom is 0.0795 e. The van der Waals surface area contributed by atoms with E-state index >= 15 is 0 Å². The van der Waals surface area contributed by atoms with Crippen LogP contribution in [0.5, 0.6) is 0 Å². The molecule has 0 amide bonds. The maximum absolute atomic E-state index is 4.30. The van der Waals surface area contributed by atoms with Gasteiger partial charge >= 0.3 is 0 Å². The monoisotopic (exact) mass is 238 g/mol. The Hall–Kier alpha value is -0.710. The molecule has 0 saturated heterocycles. The van der Waals surface area contributed by atoms with Crippen LogP contribution in [0.3, 0.4) is 0 Å². The van der Waals surface area contributed by atoms with Gasteiger partial charge in [-0.05, 0) is 35.7 Å². The van der Waals surface area contributed by atoms with E-state index in [0.717, 1.165) is 12.2 Å². The average Bonchev–Trinajstić information content (AvgIpc) is 2.85. The van der Waals surface area contributed by atoms with Crippen molar-refractivity contribution < 1.29 is 0 Å². The molecule has 0 aliphatic heterocycles. The lowest BCUT2D eigenvalue weighted by atomic mass is 10.2. The second kappa shape index (κ2) is 4.88. The third-order valence-electron chi connectivity index (χ3n) is 2.46. The topological polar surface area (TPSA) is 24.9 Å². The van der Waals surface area contributed by atoms with Crippen molar-refractivity contribution in [3.8, 4) is 0 Å². The Morgan fingerprint density at radius 2 is 2.20 bits per heavy atom. The molecule has 1 unspecified atom stereocenters. The lowest BCUT2D eigenvalue weighted by molar-refractivity contribution is 0.564. The van der Waals surface area contributed by atoms with Crippen molar-refractivity contribution in [2.45, 2.75) is 26.4 Å². The third-order valence-corrected chi connectivity index (χ3v) is 3.97. The Kier molecular flexibility index (Phi) is 3.51. The Bertz CT molecular complexity index is 406. The molecule has 2 rings (SSSR count). The van der Waals surface area contributed by atoms with Crippen molar-refractivity contribution >= 4 is 22.7 Å². The summed E-state index contributed by atoms with van der Waals surface area (Å²) in [6.45, 7) is 5.23. The quantitative estimate of drug-likeness (QED) is 0.883. The number of nitrogens with one attached hydrogen (secondary N) is 1. The van der Waals surface area contributed by atoms with Gasteiger partial charge in [-0.3, -0.25) is 0 Å². The highest BCUT2D eigenvalue weighted by Gasteiger charge is 2.07. The fourth-order valence-corrected chi connectivity index (χ4v) is 2.88. The molecule has 4 heteroatoms. The molecule has 80 valence electrons. The van der Waals surface area contributed by atoms with E-state index in [2.05, 4.69) is 40.3 Å². The first kappa shape index (κ1) is 10.8. The SMILES string of the molecule is Cc1cscc1CNC(C)c1cscn1. The number of nitrogens with zero attached hydrogens (tertiary/aromatic N) is 1. The Morgan fingerprint density at radius 3 is 2.80 bits per heavy atom. The van der Waals surface area contributed by atoms with E-state index < -0.39 is 0 Å². The minimum Gasteiger partial charge on any atom is -0.305 e. The van der Waals surface area contributed by atoms with Crippen molar-refractivity contribution in [2.75, 3.05) is 0 Å². The third kappa shape index (κ3) is 2.65. The minimum absolute atomic E-state index is 0.329. The van der Waals surface area contributed by atoms with Crippen molar-refractivity contribution in [3.05, 3.63) is 38.5 Å². The normalized spacial score (nSPS) is 12.9. The molecule has 0 aliphatic carbocycles. The van der Waals surface area contributed by atoms with E-state index in [9.17, 15) is 0 Å². The highest BCUT2D eigenvalue weighted by molar-refractivity contribution is 7.08. The molecule has 1 N–H and O–H groups in total. The first-order valence-electron chi connectivity index (χ1n) is 4.90. The van der Waals surface area contributed by atoms with Crippen LogP contribution in [0.25, 0.3) is 0 Å². The molecule has 0 spiro atoms. The van der Waals surface area contributed by atoms with E-state index in [1.807, 2.05) is 5.51 Å². The van der Waals surface area contributed by atoms with Gasteiger partial charge < -0.3 is 5.32 Å². The van der Waals surface area contributed by atoms with E-state index in [4.69, 9.17) is 0 Å². The predicted molar refractivity (Wildman–Crippen MR) is 66.4 cm³/mol. The standard InChI is InChI=1S/C11H14N2S2/c1-8-4-14-5-10(8)3-12-9(2)11-6-15-7-13-11/h4-7,9,12H,3H2,1-2H3. The van der Waals surface area contributed by atoms with Crippen LogP contribution >= 0.6 is 22.7 Å². The van der Waals surface area contributed by atoms with Crippen LogP contribution in [0.1, 0.15) is 29.8 Å². The number of rotatable bonds is 4. The zero-order valence-electron chi connectivity index (χ0n) is 8.86. The molecule has 15 heavy (non-hydrogen) atoms. The van der Waals surface area contributed by atoms with Crippen molar-refractivity contribution in [3.63, 3.8) is 0 Å². The van der Waals surface area contributed by atoms with Gasteiger partial charge in [0.05, 0.1) is 11.2 Å². The summed E-state index contributed by atoms with van der Waals surface area (Å²) < 4.78 is 0. The van der Waals surface area contributed by atoms with E-state index in [0.29, 0.717) is 6.04 Å². The molecule has 0 aliphatic rings. The van der Waals surface area contributed by atoms with Crippen LogP contribution in [0.2, 0.25) is 0 Å². The van der Waals surface area contributed by atoms with Crippen LogP contribution in [0, 0.1) is 6.92 Å². The smallest absolute Gasteiger partial charge is 0.0795 e. The van der Waals surface area contributed by atoms with Crippen LogP contribution in [0.15, 0.2) is 21.7 Å². The summed E-state index contributed by atoms with van der Waals surface area (Å²) in [6.07, 6.45) is 0. The Morgan fingerprint density at radius 1 is 1.33 bits per heavy atom. The Labute approximate surface area is 98.0 Å². The molecule has 0 saturated carbocycles. The number of thiophene rings is 1. The molecule has 1 atom stereocenters. The number of hydrogen-bond donors (Lipinski definition) is 1. The fourth-order valence-electron chi connectivity index (χ4n) is 1.37. The summed E-state index contributed by atoms with van der Waals surface area (Å²) in [5, 5.41) is 9.96. The minimum atomic E-state index is 0.329. The Balaban J connectivity index is 1.91. The van der Waals surface area contributed by atoms with Crippen LogP contribution in [0.4, 0.5) is 0 Å².